The lowest BCUT2D eigenvalue weighted by Crippen LogP contribution is -2.67. The summed E-state index contributed by atoms with van der Waals surface area (Å²) in [5, 5.41) is 0. The van der Waals surface area contributed by atoms with Crippen LogP contribution in [0.15, 0.2) is 0 Å². The standard InChI is InChI=1S/C6H12N2O4S2/c1-5(2)7-13(9,10)6(3-4-6)14(11,12)8-5/h7-8H,3-4H2,1-2H3. The molecule has 2 N–H and O–H groups in total. The van der Waals surface area contributed by atoms with Gasteiger partial charge in [-0.1, -0.05) is 0 Å². The summed E-state index contributed by atoms with van der Waals surface area (Å²) in [5.41, 5.74) is -1.13. The molecule has 2 aliphatic rings. The zero-order chi connectivity index (χ0) is 10.8. The van der Waals surface area contributed by atoms with Crippen LogP contribution in [-0.2, 0) is 20.0 Å². The Morgan fingerprint density at radius 2 is 1.29 bits per heavy atom. The van der Waals surface area contributed by atoms with Crippen molar-refractivity contribution in [3.05, 3.63) is 0 Å². The number of hydrogen-bond acceptors (Lipinski definition) is 4. The van der Waals surface area contributed by atoms with Gasteiger partial charge in [0, 0.05) is 0 Å². The number of nitrogens with one attached hydrogen (secondary N) is 2. The minimum atomic E-state index is -3.77. The largest absolute Gasteiger partial charge is 0.234 e. The molecule has 14 heavy (non-hydrogen) atoms. The second-order valence-electron chi connectivity index (χ2n) is 4.25. The van der Waals surface area contributed by atoms with Gasteiger partial charge in [0.05, 0.1) is 5.66 Å². The Balaban J connectivity index is 2.60. The van der Waals surface area contributed by atoms with Crippen LogP contribution >= 0.6 is 0 Å². The quantitative estimate of drug-likeness (QED) is 0.572. The van der Waals surface area contributed by atoms with Gasteiger partial charge in [-0.25, -0.2) is 16.8 Å². The average Bonchev–Trinajstić information content (AvgIpc) is 2.53. The average molecular weight is 240 g/mol. The van der Waals surface area contributed by atoms with Crippen LogP contribution in [0.25, 0.3) is 0 Å². The minimum Gasteiger partial charge on any atom is -0.211 e. The maximum Gasteiger partial charge on any atom is 0.234 e. The lowest BCUT2D eigenvalue weighted by atomic mass is 10.3. The van der Waals surface area contributed by atoms with Gasteiger partial charge in [0.15, 0.2) is 0 Å². The summed E-state index contributed by atoms with van der Waals surface area (Å²) in [6.45, 7) is 2.94. The first-order valence-electron chi connectivity index (χ1n) is 4.19. The lowest BCUT2D eigenvalue weighted by Gasteiger charge is -2.36. The van der Waals surface area contributed by atoms with Gasteiger partial charge in [0.1, 0.15) is 0 Å². The van der Waals surface area contributed by atoms with E-state index in [2.05, 4.69) is 9.44 Å². The first kappa shape index (κ1) is 10.3. The smallest absolute Gasteiger partial charge is 0.211 e. The van der Waals surface area contributed by atoms with Crippen molar-refractivity contribution in [2.45, 2.75) is 36.4 Å². The molecule has 1 aliphatic heterocycles. The molecule has 1 spiro atoms. The Hall–Kier alpha value is -0.180. The van der Waals surface area contributed by atoms with Crippen LogP contribution in [-0.4, -0.2) is 26.6 Å². The van der Waals surface area contributed by atoms with Gasteiger partial charge in [0.25, 0.3) is 0 Å². The second kappa shape index (κ2) is 2.31. The van der Waals surface area contributed by atoms with Crippen LogP contribution in [0.2, 0.25) is 0 Å². The van der Waals surface area contributed by atoms with Gasteiger partial charge in [-0.15, -0.1) is 0 Å². The van der Waals surface area contributed by atoms with E-state index in [0.29, 0.717) is 0 Å². The minimum absolute atomic E-state index is 0.174. The Labute approximate surface area is 83.2 Å². The summed E-state index contributed by atoms with van der Waals surface area (Å²) in [6, 6.07) is 0. The monoisotopic (exact) mass is 240 g/mol. The maximum atomic E-state index is 11.7. The van der Waals surface area contributed by atoms with Crippen molar-refractivity contribution < 1.29 is 16.8 Å². The molecule has 1 saturated carbocycles. The van der Waals surface area contributed by atoms with E-state index in [0.717, 1.165) is 0 Å². The molecule has 0 unspecified atom stereocenters. The van der Waals surface area contributed by atoms with Gasteiger partial charge in [0.2, 0.25) is 24.1 Å². The first-order valence-corrected chi connectivity index (χ1v) is 7.16. The van der Waals surface area contributed by atoms with Gasteiger partial charge >= 0.3 is 0 Å². The first-order chi connectivity index (χ1) is 6.12. The van der Waals surface area contributed by atoms with Crippen LogP contribution in [0.3, 0.4) is 0 Å². The number of rotatable bonds is 0. The summed E-state index contributed by atoms with van der Waals surface area (Å²) in [7, 11) is -7.53. The van der Waals surface area contributed by atoms with E-state index in [1.165, 1.54) is 13.8 Å². The highest BCUT2D eigenvalue weighted by Gasteiger charge is 2.69. The molecule has 0 radical (unpaired) electrons. The molecular formula is C6H12N2O4S2. The van der Waals surface area contributed by atoms with E-state index >= 15 is 0 Å². The highest BCUT2D eigenvalue weighted by Crippen LogP contribution is 2.49. The highest BCUT2D eigenvalue weighted by molar-refractivity contribution is 8.09. The molecule has 1 aliphatic carbocycles. The maximum absolute atomic E-state index is 11.7. The molecule has 0 aromatic rings. The third-order valence-corrected chi connectivity index (χ3v) is 8.07. The Kier molecular flexibility index (Phi) is 1.71. The van der Waals surface area contributed by atoms with Gasteiger partial charge < -0.3 is 0 Å². The zero-order valence-corrected chi connectivity index (χ0v) is 9.50. The molecule has 8 heteroatoms. The predicted molar refractivity (Wildman–Crippen MR) is 50.2 cm³/mol. The van der Waals surface area contributed by atoms with E-state index < -0.39 is 29.8 Å². The molecule has 1 saturated heterocycles. The SMILES string of the molecule is CC1(C)NS(=O)(=O)C2(CC2)S(=O)(=O)N1. The molecule has 2 rings (SSSR count). The van der Waals surface area contributed by atoms with Crippen molar-refractivity contribution >= 4 is 20.0 Å². The van der Waals surface area contributed by atoms with Crippen LogP contribution in [0.1, 0.15) is 26.7 Å². The second-order valence-corrected chi connectivity index (χ2v) is 8.49. The van der Waals surface area contributed by atoms with Crippen molar-refractivity contribution in [2.24, 2.45) is 0 Å². The summed E-state index contributed by atoms with van der Waals surface area (Å²) in [4.78, 5) is 0. The topological polar surface area (TPSA) is 92.3 Å². The summed E-state index contributed by atoms with van der Waals surface area (Å²) in [5.74, 6) is 0. The van der Waals surface area contributed by atoms with Crippen LogP contribution in [0, 0.1) is 0 Å². The summed E-state index contributed by atoms with van der Waals surface area (Å²) < 4.78 is 49.7. The van der Waals surface area contributed by atoms with Crippen molar-refractivity contribution in [1.82, 2.24) is 9.44 Å². The normalized spacial score (nSPS) is 35.3. The fourth-order valence-corrected chi connectivity index (χ4v) is 6.23. The fourth-order valence-electron chi connectivity index (χ4n) is 1.66. The van der Waals surface area contributed by atoms with E-state index in [4.69, 9.17) is 0 Å². The third kappa shape index (κ3) is 1.14. The van der Waals surface area contributed by atoms with Crippen molar-refractivity contribution in [2.75, 3.05) is 0 Å². The van der Waals surface area contributed by atoms with Crippen LogP contribution < -0.4 is 9.44 Å². The third-order valence-electron chi connectivity index (χ3n) is 2.42. The summed E-state index contributed by atoms with van der Waals surface area (Å²) >= 11 is 0. The van der Waals surface area contributed by atoms with E-state index in [-0.39, 0.29) is 12.8 Å². The number of sulfonamides is 2. The fraction of sp³-hybridized carbons (Fsp3) is 1.00. The van der Waals surface area contributed by atoms with E-state index in [1.807, 2.05) is 0 Å². The number of hydrogen-bond donors (Lipinski definition) is 2. The molecular weight excluding hydrogens is 228 g/mol. The van der Waals surface area contributed by atoms with Crippen molar-refractivity contribution in [3.8, 4) is 0 Å². The van der Waals surface area contributed by atoms with Crippen molar-refractivity contribution in [1.29, 1.82) is 0 Å². The molecule has 0 atom stereocenters. The predicted octanol–water partition coefficient (Wildman–Crippen LogP) is -0.935. The Morgan fingerprint density at radius 1 is 0.929 bits per heavy atom. The Bertz CT molecular complexity index is 432. The summed E-state index contributed by atoms with van der Waals surface area (Å²) in [6.07, 6.45) is 0.349. The van der Waals surface area contributed by atoms with Gasteiger partial charge in [-0.2, -0.15) is 9.44 Å². The van der Waals surface area contributed by atoms with Crippen LogP contribution in [0.4, 0.5) is 0 Å². The Morgan fingerprint density at radius 3 is 1.57 bits per heavy atom. The highest BCUT2D eigenvalue weighted by atomic mass is 32.3. The molecule has 6 nitrogen and oxygen atoms in total. The molecule has 2 fully saturated rings. The molecule has 82 valence electrons. The van der Waals surface area contributed by atoms with E-state index in [9.17, 15) is 16.8 Å². The molecule has 0 aromatic carbocycles. The van der Waals surface area contributed by atoms with Gasteiger partial charge in [-0.05, 0) is 26.7 Å². The van der Waals surface area contributed by atoms with Crippen molar-refractivity contribution in [3.63, 3.8) is 0 Å². The molecule has 1 heterocycles. The molecule has 0 bridgehead atoms. The van der Waals surface area contributed by atoms with E-state index in [1.54, 1.807) is 0 Å². The molecule has 0 amide bonds. The lowest BCUT2D eigenvalue weighted by molar-refractivity contribution is 0.404. The van der Waals surface area contributed by atoms with Crippen LogP contribution in [0.5, 0.6) is 0 Å². The van der Waals surface area contributed by atoms with Gasteiger partial charge in [-0.3, -0.25) is 0 Å². The zero-order valence-electron chi connectivity index (χ0n) is 7.86. The molecule has 0 aromatic heterocycles.